The molecule has 1 aromatic rings. The van der Waals surface area contributed by atoms with Gasteiger partial charge in [0, 0.05) is 25.3 Å². The van der Waals surface area contributed by atoms with Gasteiger partial charge in [0.2, 0.25) is 5.91 Å². The number of anilines is 1. The molecule has 1 aromatic carbocycles. The Hall–Kier alpha value is -1.55. The van der Waals surface area contributed by atoms with Crippen molar-refractivity contribution in [2.24, 2.45) is 0 Å². The van der Waals surface area contributed by atoms with E-state index in [2.05, 4.69) is 46.3 Å². The summed E-state index contributed by atoms with van der Waals surface area (Å²) in [6, 6.07) is 8.60. The van der Waals surface area contributed by atoms with Crippen LogP contribution in [0.2, 0.25) is 0 Å². The van der Waals surface area contributed by atoms with Crippen molar-refractivity contribution >= 4 is 11.6 Å². The number of carbonyl (C=O) groups excluding carboxylic acids is 1. The molecule has 0 bridgehead atoms. The lowest BCUT2D eigenvalue weighted by atomic mass is 10.0. The minimum Gasteiger partial charge on any atom is -0.371 e. The summed E-state index contributed by atoms with van der Waals surface area (Å²) in [4.78, 5) is 17.5. The Bertz CT molecular complexity index is 539. The Balaban J connectivity index is 1.62. The van der Waals surface area contributed by atoms with Gasteiger partial charge in [0.15, 0.2) is 0 Å². The smallest absolute Gasteiger partial charge is 0.237 e. The first-order chi connectivity index (χ1) is 11.8. The van der Waals surface area contributed by atoms with Crippen LogP contribution in [0, 0.1) is 0 Å². The standard InChI is InChI=1S/C20H31N3O/c1-2-22-13-9-6-12-19(22)20(24)21-16-17-10-4-5-11-18(17)23-14-7-3-8-15-23/h4-5,10-11,19H,2-3,6-9,12-16H2,1H3,(H,21,24). The molecule has 3 rings (SSSR count). The highest BCUT2D eigenvalue weighted by Gasteiger charge is 2.27. The first-order valence-electron chi connectivity index (χ1n) is 9.64. The molecule has 0 radical (unpaired) electrons. The summed E-state index contributed by atoms with van der Waals surface area (Å²) in [5.74, 6) is 0.199. The fraction of sp³-hybridized carbons (Fsp3) is 0.650. The number of para-hydroxylation sites is 1. The van der Waals surface area contributed by atoms with Gasteiger partial charge in [-0.15, -0.1) is 0 Å². The van der Waals surface area contributed by atoms with Gasteiger partial charge in [-0.3, -0.25) is 9.69 Å². The van der Waals surface area contributed by atoms with Crippen molar-refractivity contribution in [3.05, 3.63) is 29.8 Å². The topological polar surface area (TPSA) is 35.6 Å². The van der Waals surface area contributed by atoms with Gasteiger partial charge in [0.1, 0.15) is 0 Å². The highest BCUT2D eigenvalue weighted by Crippen LogP contribution is 2.24. The Labute approximate surface area is 146 Å². The monoisotopic (exact) mass is 329 g/mol. The number of likely N-dealkylation sites (tertiary alicyclic amines) is 1. The van der Waals surface area contributed by atoms with Crippen LogP contribution in [0.25, 0.3) is 0 Å². The average molecular weight is 329 g/mol. The number of rotatable bonds is 5. The van der Waals surface area contributed by atoms with Crippen LogP contribution in [-0.2, 0) is 11.3 Å². The lowest BCUT2D eigenvalue weighted by Gasteiger charge is -2.34. The molecule has 2 aliphatic rings. The van der Waals surface area contributed by atoms with Crippen molar-refractivity contribution in [2.45, 2.75) is 58.0 Å². The fourth-order valence-corrected chi connectivity index (χ4v) is 4.07. The molecule has 0 aromatic heterocycles. The summed E-state index contributed by atoms with van der Waals surface area (Å²) in [6.45, 7) is 7.08. The molecule has 0 spiro atoms. The molecule has 0 aliphatic carbocycles. The van der Waals surface area contributed by atoms with Crippen LogP contribution in [0.4, 0.5) is 5.69 Å². The van der Waals surface area contributed by atoms with Gasteiger partial charge in [-0.2, -0.15) is 0 Å². The Kier molecular flexibility index (Phi) is 6.13. The predicted molar refractivity (Wildman–Crippen MR) is 99.2 cm³/mol. The number of hydrogen-bond acceptors (Lipinski definition) is 3. The van der Waals surface area contributed by atoms with E-state index in [0.717, 1.165) is 32.6 Å². The maximum Gasteiger partial charge on any atom is 0.237 e. The quantitative estimate of drug-likeness (QED) is 0.901. The van der Waals surface area contributed by atoms with Crippen molar-refractivity contribution in [1.82, 2.24) is 10.2 Å². The molecule has 4 heteroatoms. The van der Waals surface area contributed by atoms with Gasteiger partial charge >= 0.3 is 0 Å². The van der Waals surface area contributed by atoms with Crippen molar-refractivity contribution in [3.63, 3.8) is 0 Å². The Morgan fingerprint density at radius 1 is 1.08 bits per heavy atom. The highest BCUT2D eigenvalue weighted by molar-refractivity contribution is 5.82. The maximum absolute atomic E-state index is 12.7. The highest BCUT2D eigenvalue weighted by atomic mass is 16.2. The molecule has 2 heterocycles. The number of benzene rings is 1. The van der Waals surface area contributed by atoms with E-state index in [0.29, 0.717) is 6.54 Å². The number of carbonyl (C=O) groups is 1. The number of piperidine rings is 2. The number of likely N-dealkylation sites (N-methyl/N-ethyl adjacent to an activating group) is 1. The maximum atomic E-state index is 12.7. The number of nitrogens with zero attached hydrogens (tertiary/aromatic N) is 2. The molecule has 2 fully saturated rings. The van der Waals surface area contributed by atoms with Crippen LogP contribution in [0.1, 0.15) is 51.0 Å². The van der Waals surface area contributed by atoms with E-state index in [9.17, 15) is 4.79 Å². The zero-order valence-electron chi connectivity index (χ0n) is 15.0. The van der Waals surface area contributed by atoms with Gasteiger partial charge in [-0.05, 0) is 56.8 Å². The Morgan fingerprint density at radius 3 is 2.62 bits per heavy atom. The predicted octanol–water partition coefficient (Wildman–Crippen LogP) is 3.17. The summed E-state index contributed by atoms with van der Waals surface area (Å²) < 4.78 is 0. The fourth-order valence-electron chi connectivity index (χ4n) is 4.07. The SMILES string of the molecule is CCN1CCCCC1C(=O)NCc1ccccc1N1CCCCC1. The van der Waals surface area contributed by atoms with Gasteiger partial charge in [-0.1, -0.05) is 31.5 Å². The van der Waals surface area contributed by atoms with Crippen LogP contribution in [0.15, 0.2) is 24.3 Å². The molecule has 0 saturated carbocycles. The van der Waals surface area contributed by atoms with Crippen LogP contribution in [0.5, 0.6) is 0 Å². The minimum absolute atomic E-state index is 0.0610. The molecule has 1 atom stereocenters. The summed E-state index contributed by atoms with van der Waals surface area (Å²) >= 11 is 0. The zero-order chi connectivity index (χ0) is 16.8. The lowest BCUT2D eigenvalue weighted by molar-refractivity contribution is -0.127. The molecule has 1 unspecified atom stereocenters. The van der Waals surface area contributed by atoms with Crippen LogP contribution in [-0.4, -0.2) is 43.0 Å². The summed E-state index contributed by atoms with van der Waals surface area (Å²) in [5.41, 5.74) is 2.54. The molecular formula is C20H31N3O. The third-order valence-electron chi connectivity index (χ3n) is 5.46. The molecule has 4 nitrogen and oxygen atoms in total. The molecular weight excluding hydrogens is 298 g/mol. The van der Waals surface area contributed by atoms with Gasteiger partial charge in [0.05, 0.1) is 6.04 Å². The first kappa shape index (κ1) is 17.3. The zero-order valence-corrected chi connectivity index (χ0v) is 15.0. The minimum atomic E-state index is 0.0610. The van der Waals surface area contributed by atoms with Crippen LogP contribution < -0.4 is 10.2 Å². The van der Waals surface area contributed by atoms with Gasteiger partial charge < -0.3 is 10.2 Å². The molecule has 1 amide bonds. The van der Waals surface area contributed by atoms with E-state index in [1.165, 1.54) is 43.4 Å². The van der Waals surface area contributed by atoms with Crippen molar-refractivity contribution in [3.8, 4) is 0 Å². The van der Waals surface area contributed by atoms with Crippen LogP contribution in [0.3, 0.4) is 0 Å². The lowest BCUT2D eigenvalue weighted by Crippen LogP contribution is -2.49. The third kappa shape index (κ3) is 4.10. The van der Waals surface area contributed by atoms with E-state index < -0.39 is 0 Å². The summed E-state index contributed by atoms with van der Waals surface area (Å²) in [7, 11) is 0. The molecule has 24 heavy (non-hydrogen) atoms. The van der Waals surface area contributed by atoms with Crippen LogP contribution >= 0.6 is 0 Å². The molecule has 1 N–H and O–H groups in total. The van der Waals surface area contributed by atoms with E-state index >= 15 is 0 Å². The second-order valence-electron chi connectivity index (χ2n) is 7.03. The largest absolute Gasteiger partial charge is 0.371 e. The molecule has 2 aliphatic heterocycles. The second kappa shape index (κ2) is 8.52. The second-order valence-corrected chi connectivity index (χ2v) is 7.03. The van der Waals surface area contributed by atoms with Gasteiger partial charge in [-0.25, -0.2) is 0 Å². The van der Waals surface area contributed by atoms with Gasteiger partial charge in [0.25, 0.3) is 0 Å². The Morgan fingerprint density at radius 2 is 1.83 bits per heavy atom. The third-order valence-corrected chi connectivity index (χ3v) is 5.46. The molecule has 132 valence electrons. The van der Waals surface area contributed by atoms with Crippen molar-refractivity contribution in [1.29, 1.82) is 0 Å². The van der Waals surface area contributed by atoms with E-state index in [-0.39, 0.29) is 11.9 Å². The number of hydrogen-bond donors (Lipinski definition) is 1. The van der Waals surface area contributed by atoms with Crippen molar-refractivity contribution in [2.75, 3.05) is 31.1 Å². The van der Waals surface area contributed by atoms with E-state index in [4.69, 9.17) is 0 Å². The summed E-state index contributed by atoms with van der Waals surface area (Å²) in [6.07, 6.45) is 7.26. The first-order valence-corrected chi connectivity index (χ1v) is 9.64. The summed E-state index contributed by atoms with van der Waals surface area (Å²) in [5, 5.41) is 3.21. The van der Waals surface area contributed by atoms with Crippen molar-refractivity contribution < 1.29 is 4.79 Å². The average Bonchev–Trinajstić information content (AvgIpc) is 2.67. The van der Waals surface area contributed by atoms with E-state index in [1.807, 2.05) is 0 Å². The van der Waals surface area contributed by atoms with E-state index in [1.54, 1.807) is 0 Å². The molecule has 2 saturated heterocycles. The number of amides is 1. The number of nitrogens with one attached hydrogen (secondary N) is 1. The normalized spacial score (nSPS) is 22.4.